The smallest absolute Gasteiger partial charge is 0.136 e. The Morgan fingerprint density at radius 1 is 0.279 bits per heavy atom. The maximum Gasteiger partial charge on any atom is 0.136 e. The first kappa shape index (κ1) is 24.0. The van der Waals surface area contributed by atoms with Crippen molar-refractivity contribution in [3.8, 4) is 33.4 Å². The summed E-state index contributed by atoms with van der Waals surface area (Å²) in [6.07, 6.45) is 0. The lowest BCUT2D eigenvalue weighted by Crippen LogP contribution is -1.92. The lowest BCUT2D eigenvalue weighted by atomic mass is 9.84. The Balaban J connectivity index is 1.45. The van der Waals surface area contributed by atoms with Gasteiger partial charge in [-0.15, -0.1) is 0 Å². The molecule has 0 saturated heterocycles. The zero-order valence-corrected chi connectivity index (χ0v) is 23.4. The number of para-hydroxylation sites is 1. The molecular formula is C42H26O. The van der Waals surface area contributed by atoms with Gasteiger partial charge in [-0.05, 0) is 72.3 Å². The first-order chi connectivity index (χ1) is 21.4. The Kier molecular flexibility index (Phi) is 5.27. The highest BCUT2D eigenvalue weighted by Crippen LogP contribution is 2.48. The molecule has 0 aliphatic heterocycles. The van der Waals surface area contributed by atoms with E-state index in [0.717, 1.165) is 21.9 Å². The van der Waals surface area contributed by atoms with Crippen molar-refractivity contribution in [2.45, 2.75) is 0 Å². The second-order valence-electron chi connectivity index (χ2n) is 11.2. The van der Waals surface area contributed by atoms with Gasteiger partial charge in [0.2, 0.25) is 0 Å². The summed E-state index contributed by atoms with van der Waals surface area (Å²) in [7, 11) is 0. The number of furan rings is 1. The summed E-state index contributed by atoms with van der Waals surface area (Å²) in [6, 6.07) is 56.7. The van der Waals surface area contributed by atoms with E-state index in [1.165, 1.54) is 65.7 Å². The van der Waals surface area contributed by atoms with Gasteiger partial charge in [0.05, 0.1) is 0 Å². The van der Waals surface area contributed by atoms with Crippen molar-refractivity contribution in [2.24, 2.45) is 0 Å². The Hall–Kier alpha value is -5.66. The minimum Gasteiger partial charge on any atom is -0.456 e. The summed E-state index contributed by atoms with van der Waals surface area (Å²) in [4.78, 5) is 0. The molecule has 9 aromatic rings. The van der Waals surface area contributed by atoms with Gasteiger partial charge in [-0.3, -0.25) is 0 Å². The van der Waals surface area contributed by atoms with E-state index >= 15 is 0 Å². The molecule has 0 spiro atoms. The van der Waals surface area contributed by atoms with Crippen LogP contribution in [0, 0.1) is 0 Å². The summed E-state index contributed by atoms with van der Waals surface area (Å²) in [6.45, 7) is 0. The number of fused-ring (bicyclic) bond motifs is 9. The molecule has 9 rings (SSSR count). The third-order valence-corrected chi connectivity index (χ3v) is 8.88. The second kappa shape index (κ2) is 9.44. The molecule has 0 aliphatic carbocycles. The molecule has 200 valence electrons. The van der Waals surface area contributed by atoms with Gasteiger partial charge in [-0.2, -0.15) is 0 Å². The Labute approximate surface area is 249 Å². The molecule has 43 heavy (non-hydrogen) atoms. The summed E-state index contributed by atoms with van der Waals surface area (Å²) in [5.41, 5.74) is 9.04. The summed E-state index contributed by atoms with van der Waals surface area (Å²) >= 11 is 0. The summed E-state index contributed by atoms with van der Waals surface area (Å²) < 4.78 is 6.43. The highest BCUT2D eigenvalue weighted by molar-refractivity contribution is 6.29. The summed E-state index contributed by atoms with van der Waals surface area (Å²) in [5, 5.41) is 9.97. The van der Waals surface area contributed by atoms with Gasteiger partial charge >= 0.3 is 0 Å². The van der Waals surface area contributed by atoms with Gasteiger partial charge in [0.1, 0.15) is 11.2 Å². The van der Waals surface area contributed by atoms with Crippen LogP contribution in [-0.2, 0) is 0 Å². The minimum atomic E-state index is 0.903. The normalized spacial score (nSPS) is 11.7. The van der Waals surface area contributed by atoms with Gasteiger partial charge in [0.25, 0.3) is 0 Å². The number of rotatable bonds is 3. The monoisotopic (exact) mass is 546 g/mol. The summed E-state index contributed by atoms with van der Waals surface area (Å²) in [5.74, 6) is 0. The molecule has 0 N–H and O–H groups in total. The van der Waals surface area contributed by atoms with Gasteiger partial charge < -0.3 is 4.42 Å². The van der Waals surface area contributed by atoms with E-state index in [1.54, 1.807) is 0 Å². The van der Waals surface area contributed by atoms with Crippen molar-refractivity contribution >= 4 is 54.3 Å². The largest absolute Gasteiger partial charge is 0.456 e. The number of hydrogen-bond donors (Lipinski definition) is 0. The first-order valence-electron chi connectivity index (χ1n) is 14.8. The van der Waals surface area contributed by atoms with Crippen LogP contribution >= 0.6 is 0 Å². The highest BCUT2D eigenvalue weighted by Gasteiger charge is 2.21. The molecule has 0 atom stereocenters. The highest BCUT2D eigenvalue weighted by atomic mass is 16.3. The molecule has 0 saturated carbocycles. The molecule has 0 amide bonds. The molecule has 0 aliphatic rings. The average Bonchev–Trinajstić information content (AvgIpc) is 3.47. The maximum atomic E-state index is 6.43. The fourth-order valence-electron chi connectivity index (χ4n) is 7.07. The molecule has 8 aromatic carbocycles. The predicted octanol–water partition coefficient (Wildman–Crippen LogP) is 12.0. The Morgan fingerprint density at radius 3 is 1.56 bits per heavy atom. The topological polar surface area (TPSA) is 13.1 Å². The van der Waals surface area contributed by atoms with E-state index in [1.807, 2.05) is 6.07 Å². The molecule has 1 heteroatoms. The van der Waals surface area contributed by atoms with Crippen molar-refractivity contribution in [3.63, 3.8) is 0 Å². The van der Waals surface area contributed by atoms with Crippen LogP contribution in [0.5, 0.6) is 0 Å². The third kappa shape index (κ3) is 3.58. The molecule has 1 nitrogen and oxygen atoms in total. The van der Waals surface area contributed by atoms with E-state index < -0.39 is 0 Å². The van der Waals surface area contributed by atoms with Crippen LogP contribution in [0.15, 0.2) is 162 Å². The maximum absolute atomic E-state index is 6.43. The third-order valence-electron chi connectivity index (χ3n) is 8.88. The van der Waals surface area contributed by atoms with Crippen LogP contribution < -0.4 is 0 Å². The lowest BCUT2D eigenvalue weighted by molar-refractivity contribution is 0.669. The van der Waals surface area contributed by atoms with Crippen LogP contribution in [0.25, 0.3) is 87.6 Å². The molecule has 1 heterocycles. The minimum absolute atomic E-state index is 0.903. The van der Waals surface area contributed by atoms with E-state index in [0.29, 0.717) is 0 Å². The van der Waals surface area contributed by atoms with Crippen LogP contribution in [0.3, 0.4) is 0 Å². The van der Waals surface area contributed by atoms with Crippen LogP contribution in [0.1, 0.15) is 0 Å². The van der Waals surface area contributed by atoms with E-state index in [-0.39, 0.29) is 0 Å². The van der Waals surface area contributed by atoms with Gasteiger partial charge in [-0.25, -0.2) is 0 Å². The fourth-order valence-corrected chi connectivity index (χ4v) is 7.07. The second-order valence-corrected chi connectivity index (χ2v) is 11.2. The first-order valence-corrected chi connectivity index (χ1v) is 14.8. The zero-order chi connectivity index (χ0) is 28.3. The molecule has 0 fully saturated rings. The van der Waals surface area contributed by atoms with Crippen molar-refractivity contribution in [1.82, 2.24) is 0 Å². The zero-order valence-electron chi connectivity index (χ0n) is 23.4. The fraction of sp³-hybridized carbons (Fsp3) is 0. The van der Waals surface area contributed by atoms with Crippen molar-refractivity contribution in [3.05, 3.63) is 158 Å². The van der Waals surface area contributed by atoms with Crippen molar-refractivity contribution < 1.29 is 4.42 Å². The molecule has 0 radical (unpaired) electrons. The quantitative estimate of drug-likeness (QED) is 0.201. The molecular weight excluding hydrogens is 520 g/mol. The van der Waals surface area contributed by atoms with Crippen LogP contribution in [0.4, 0.5) is 0 Å². The van der Waals surface area contributed by atoms with E-state index in [9.17, 15) is 0 Å². The van der Waals surface area contributed by atoms with Crippen molar-refractivity contribution in [1.29, 1.82) is 0 Å². The van der Waals surface area contributed by atoms with Gasteiger partial charge in [-0.1, -0.05) is 146 Å². The molecule has 0 bridgehead atoms. The Bertz CT molecular complexity index is 2450. The predicted molar refractivity (Wildman–Crippen MR) is 183 cm³/mol. The van der Waals surface area contributed by atoms with Gasteiger partial charge in [0.15, 0.2) is 0 Å². The Morgan fingerprint density at radius 2 is 0.814 bits per heavy atom. The van der Waals surface area contributed by atoms with Gasteiger partial charge in [0, 0.05) is 16.3 Å². The van der Waals surface area contributed by atoms with Crippen molar-refractivity contribution in [2.75, 3.05) is 0 Å². The van der Waals surface area contributed by atoms with Crippen LogP contribution in [-0.4, -0.2) is 0 Å². The van der Waals surface area contributed by atoms with Crippen LogP contribution in [0.2, 0.25) is 0 Å². The van der Waals surface area contributed by atoms with E-state index in [4.69, 9.17) is 4.42 Å². The number of benzene rings is 8. The average molecular weight is 547 g/mol. The SMILES string of the molecule is c1ccc(-c2ccc3oc4ccccc4c3c2-c2ccccc2-c2cccc3c4ccccc4c4ccccc4c23)cc1. The molecule has 0 unspecified atom stereocenters. The molecule has 1 aromatic heterocycles. The lowest BCUT2D eigenvalue weighted by Gasteiger charge is -2.19. The standard InChI is InChI=1S/C42H26O/c1-2-13-27(14-3-1)28-25-26-39-42(37-21-10-11-24-38(37)43-39)41(28)36-20-9-7-18-32(36)35-23-12-22-34-31-16-5-4-15-29(31)30-17-6-8-19-33(30)40(34)35/h1-26H. The number of hydrogen-bond acceptors (Lipinski definition) is 1. The van der Waals surface area contributed by atoms with E-state index in [2.05, 4.69) is 152 Å².